The quantitative estimate of drug-likeness (QED) is 0.641. The first-order valence-electron chi connectivity index (χ1n) is 12.3. The van der Waals surface area contributed by atoms with Gasteiger partial charge in [-0.2, -0.15) is 4.31 Å². The van der Waals surface area contributed by atoms with Crippen LogP contribution in [0.15, 0.2) is 29.2 Å². The second kappa shape index (κ2) is 8.67. The van der Waals surface area contributed by atoms with Crippen LogP contribution in [0.4, 0.5) is 4.79 Å². The van der Waals surface area contributed by atoms with Gasteiger partial charge in [-0.3, -0.25) is 9.69 Å². The number of carbonyl (C=O) groups excluding carboxylic acids is 2. The highest BCUT2D eigenvalue weighted by molar-refractivity contribution is 7.89. The lowest BCUT2D eigenvalue weighted by molar-refractivity contribution is -0.133. The Hall–Kier alpha value is -1.97. The van der Waals surface area contributed by atoms with Gasteiger partial charge in [0.05, 0.1) is 11.6 Å². The van der Waals surface area contributed by atoms with Crippen LogP contribution in [0.5, 0.6) is 0 Å². The molecule has 1 N–H and O–H groups in total. The van der Waals surface area contributed by atoms with Crippen molar-refractivity contribution < 1.29 is 18.0 Å². The van der Waals surface area contributed by atoms with Crippen molar-refractivity contribution in [2.45, 2.75) is 68.2 Å². The third kappa shape index (κ3) is 4.31. The van der Waals surface area contributed by atoms with E-state index in [-0.39, 0.29) is 24.5 Å². The summed E-state index contributed by atoms with van der Waals surface area (Å²) >= 11 is 0. The molecule has 1 atom stereocenters. The summed E-state index contributed by atoms with van der Waals surface area (Å²) in [6.45, 7) is 3.67. The summed E-state index contributed by atoms with van der Waals surface area (Å²) < 4.78 is 27.9. The Balaban J connectivity index is 1.18. The molecule has 9 heteroatoms. The number of hydrogen-bond acceptors (Lipinski definition) is 5. The summed E-state index contributed by atoms with van der Waals surface area (Å²) in [6.07, 6.45) is 8.10. The van der Waals surface area contributed by atoms with E-state index in [0.29, 0.717) is 37.0 Å². The molecule has 8 nitrogen and oxygen atoms in total. The van der Waals surface area contributed by atoms with Crippen molar-refractivity contribution in [1.29, 1.82) is 0 Å². The highest BCUT2D eigenvalue weighted by atomic mass is 32.2. The summed E-state index contributed by atoms with van der Waals surface area (Å²) in [5.41, 5.74) is 0.455. The molecule has 1 aromatic carbocycles. The molecule has 0 radical (unpaired) electrons. The van der Waals surface area contributed by atoms with Gasteiger partial charge in [0, 0.05) is 26.2 Å². The van der Waals surface area contributed by atoms with Crippen molar-refractivity contribution in [3.05, 3.63) is 29.8 Å². The van der Waals surface area contributed by atoms with Gasteiger partial charge in [0.15, 0.2) is 0 Å². The minimum atomic E-state index is -3.56. The van der Waals surface area contributed by atoms with Gasteiger partial charge in [-0.15, -0.1) is 0 Å². The molecule has 5 rings (SSSR count). The van der Waals surface area contributed by atoms with Crippen LogP contribution in [0, 0.1) is 5.92 Å². The van der Waals surface area contributed by atoms with E-state index in [9.17, 15) is 18.0 Å². The van der Waals surface area contributed by atoms with Gasteiger partial charge in [-0.05, 0) is 62.1 Å². The van der Waals surface area contributed by atoms with Crippen molar-refractivity contribution in [2.75, 3.05) is 32.8 Å². The van der Waals surface area contributed by atoms with Crippen molar-refractivity contribution in [3.8, 4) is 0 Å². The Labute approximate surface area is 196 Å². The van der Waals surface area contributed by atoms with Gasteiger partial charge < -0.3 is 5.32 Å². The molecule has 0 bridgehead atoms. The highest BCUT2D eigenvalue weighted by Gasteiger charge is 2.56. The van der Waals surface area contributed by atoms with Gasteiger partial charge in [-0.25, -0.2) is 18.1 Å². The van der Waals surface area contributed by atoms with Gasteiger partial charge >= 0.3 is 6.03 Å². The maximum atomic E-state index is 13.2. The summed E-state index contributed by atoms with van der Waals surface area (Å²) in [7, 11) is -3.56. The van der Waals surface area contributed by atoms with E-state index in [0.717, 1.165) is 12.8 Å². The minimum Gasteiger partial charge on any atom is -0.323 e. The zero-order chi connectivity index (χ0) is 23.2. The maximum Gasteiger partial charge on any atom is 0.326 e. The molecule has 0 aromatic heterocycles. The van der Waals surface area contributed by atoms with Crippen LogP contribution in [-0.4, -0.2) is 72.8 Å². The minimum absolute atomic E-state index is 0.164. The fourth-order valence-electron chi connectivity index (χ4n) is 5.59. The molecule has 2 heterocycles. The largest absolute Gasteiger partial charge is 0.326 e. The number of rotatable bonds is 6. The predicted molar refractivity (Wildman–Crippen MR) is 124 cm³/mol. The van der Waals surface area contributed by atoms with E-state index in [2.05, 4.69) is 5.32 Å². The number of hydrogen-bond donors (Lipinski definition) is 1. The molecule has 33 heavy (non-hydrogen) atoms. The fourth-order valence-corrected chi connectivity index (χ4v) is 7.01. The van der Waals surface area contributed by atoms with Crippen molar-refractivity contribution >= 4 is 22.0 Å². The highest BCUT2D eigenvalue weighted by Crippen LogP contribution is 2.42. The number of benzene rings is 1. The Morgan fingerprint density at radius 1 is 0.939 bits per heavy atom. The zero-order valence-corrected chi connectivity index (χ0v) is 20.1. The van der Waals surface area contributed by atoms with Crippen LogP contribution >= 0.6 is 0 Å². The average Bonchev–Trinajstić information content (AvgIpc) is 3.66. The van der Waals surface area contributed by atoms with E-state index in [1.165, 1.54) is 46.9 Å². The van der Waals surface area contributed by atoms with Crippen LogP contribution in [0.3, 0.4) is 0 Å². The van der Waals surface area contributed by atoms with Crippen LogP contribution in [0.1, 0.15) is 63.4 Å². The normalized spacial score (nSPS) is 28.3. The van der Waals surface area contributed by atoms with Crippen LogP contribution in [-0.2, 0) is 14.8 Å². The lowest BCUT2D eigenvalue weighted by atomic mass is 9.84. The van der Waals surface area contributed by atoms with Gasteiger partial charge in [0.25, 0.3) is 5.91 Å². The Morgan fingerprint density at radius 3 is 2.18 bits per heavy atom. The summed E-state index contributed by atoms with van der Waals surface area (Å²) in [4.78, 5) is 28.9. The number of carbonyl (C=O) groups is 2. The van der Waals surface area contributed by atoms with Crippen molar-refractivity contribution in [2.24, 2.45) is 5.92 Å². The van der Waals surface area contributed by atoms with Gasteiger partial charge in [0.2, 0.25) is 10.0 Å². The molecule has 2 aliphatic heterocycles. The molecule has 4 fully saturated rings. The standard InChI is InChI=1S/C24H34N4O4S/c1-24(20-9-10-20)22(29)28(23(30)25-24)17-26-13-15-27(16-14-26)33(31,32)21-11-7-19(8-12-21)18-5-3-2-4-6-18/h7-8,11-12,18,20H,2-6,9-10,13-17H2,1H3,(H,25,30)/t24-/m1/s1. The second-order valence-corrected chi connectivity index (χ2v) is 12.1. The number of nitrogens with one attached hydrogen (secondary N) is 1. The molecule has 2 aliphatic carbocycles. The fraction of sp³-hybridized carbons (Fsp3) is 0.667. The lowest BCUT2D eigenvalue weighted by Crippen LogP contribution is -2.53. The summed E-state index contributed by atoms with van der Waals surface area (Å²) in [6, 6.07) is 7.11. The molecule has 0 unspecified atom stereocenters. The predicted octanol–water partition coefficient (Wildman–Crippen LogP) is 2.72. The first-order valence-corrected chi connectivity index (χ1v) is 13.7. The van der Waals surface area contributed by atoms with E-state index < -0.39 is 15.6 Å². The second-order valence-electron chi connectivity index (χ2n) is 10.2. The maximum absolute atomic E-state index is 13.2. The number of urea groups is 1. The van der Waals surface area contributed by atoms with Gasteiger partial charge in [-0.1, -0.05) is 31.4 Å². The number of amides is 3. The third-order valence-corrected chi connectivity index (χ3v) is 9.88. The first-order chi connectivity index (χ1) is 15.8. The van der Waals surface area contributed by atoms with Crippen molar-refractivity contribution in [1.82, 2.24) is 19.4 Å². The molecule has 1 aromatic rings. The Kier molecular flexibility index (Phi) is 5.99. The number of imide groups is 1. The molecule has 180 valence electrons. The van der Waals surface area contributed by atoms with E-state index in [1.54, 1.807) is 12.1 Å². The SMILES string of the molecule is C[C@]1(C2CC2)NC(=O)N(CN2CCN(S(=O)(=O)c3ccc(C4CCCCC4)cc3)CC2)C1=O. The third-order valence-electron chi connectivity index (χ3n) is 7.96. The molecule has 3 amide bonds. The summed E-state index contributed by atoms with van der Waals surface area (Å²) in [5, 5.41) is 2.87. The van der Waals surface area contributed by atoms with Crippen LogP contribution in [0.25, 0.3) is 0 Å². The number of sulfonamides is 1. The van der Waals surface area contributed by atoms with Gasteiger partial charge in [0.1, 0.15) is 5.54 Å². The topological polar surface area (TPSA) is 90.0 Å². The molecule has 4 aliphatic rings. The Bertz CT molecular complexity index is 1010. The van der Waals surface area contributed by atoms with Crippen molar-refractivity contribution in [3.63, 3.8) is 0 Å². The molecular formula is C24H34N4O4S. The molecular weight excluding hydrogens is 440 g/mol. The zero-order valence-electron chi connectivity index (χ0n) is 19.3. The number of nitrogens with zero attached hydrogens (tertiary/aromatic N) is 3. The monoisotopic (exact) mass is 474 g/mol. The smallest absolute Gasteiger partial charge is 0.323 e. The lowest BCUT2D eigenvalue weighted by Gasteiger charge is -2.35. The number of piperazine rings is 1. The van der Waals surface area contributed by atoms with E-state index >= 15 is 0 Å². The Morgan fingerprint density at radius 2 is 1.58 bits per heavy atom. The molecule has 0 spiro atoms. The van der Waals surface area contributed by atoms with Crippen LogP contribution < -0.4 is 5.32 Å². The first kappa shape index (κ1) is 22.8. The van der Waals surface area contributed by atoms with E-state index in [4.69, 9.17) is 0 Å². The summed E-state index contributed by atoms with van der Waals surface area (Å²) in [5.74, 6) is 0.611. The molecule has 2 saturated heterocycles. The van der Waals surface area contributed by atoms with E-state index in [1.807, 2.05) is 24.0 Å². The average molecular weight is 475 g/mol. The molecule has 2 saturated carbocycles. The van der Waals surface area contributed by atoms with Crippen LogP contribution in [0.2, 0.25) is 0 Å².